The van der Waals surface area contributed by atoms with Crippen LogP contribution in [0, 0.1) is 5.82 Å². The molecule has 7 heteroatoms. The molecule has 0 radical (unpaired) electrons. The molecule has 0 N–H and O–H groups in total. The molecular weight excluding hydrogens is 313 g/mol. The van der Waals surface area contributed by atoms with Crippen LogP contribution in [0.5, 0.6) is 0 Å². The Morgan fingerprint density at radius 2 is 2.08 bits per heavy atom. The van der Waals surface area contributed by atoms with Crippen LogP contribution < -0.4 is 0 Å². The highest BCUT2D eigenvalue weighted by molar-refractivity contribution is 5.79. The Hall–Kier alpha value is -2.96. The second-order valence-electron chi connectivity index (χ2n) is 5.72. The Morgan fingerprint density at radius 3 is 2.83 bits per heavy atom. The molecule has 122 valence electrons. The molecule has 0 saturated carbocycles. The summed E-state index contributed by atoms with van der Waals surface area (Å²) in [4.78, 5) is 18.2. The maximum absolute atomic E-state index is 13.0. The molecule has 1 unspecified atom stereocenters. The maximum Gasteiger partial charge on any atom is 0.232 e. The second kappa shape index (κ2) is 5.92. The van der Waals surface area contributed by atoms with Crippen molar-refractivity contribution in [3.05, 3.63) is 60.1 Å². The number of carbonyl (C=O) groups is 1. The second-order valence-corrected chi connectivity index (χ2v) is 5.72. The quantitative estimate of drug-likeness (QED) is 0.736. The van der Waals surface area contributed by atoms with Crippen LogP contribution >= 0.6 is 0 Å². The van der Waals surface area contributed by atoms with E-state index in [1.54, 1.807) is 29.4 Å². The number of hydrogen-bond acceptors (Lipinski definition) is 5. The number of likely N-dealkylation sites (tertiary alicyclic amines) is 1. The van der Waals surface area contributed by atoms with Crippen molar-refractivity contribution < 1.29 is 18.1 Å². The van der Waals surface area contributed by atoms with E-state index in [2.05, 4.69) is 10.1 Å². The highest BCUT2D eigenvalue weighted by Crippen LogP contribution is 2.29. The summed E-state index contributed by atoms with van der Waals surface area (Å²) in [5, 5.41) is 3.93. The van der Waals surface area contributed by atoms with Gasteiger partial charge in [0.25, 0.3) is 0 Å². The summed E-state index contributed by atoms with van der Waals surface area (Å²) in [6.45, 7) is 0.936. The van der Waals surface area contributed by atoms with Crippen LogP contribution in [0.3, 0.4) is 0 Å². The van der Waals surface area contributed by atoms with Crippen LogP contribution in [-0.4, -0.2) is 27.5 Å². The fraction of sp³-hybridized carbons (Fsp3) is 0.235. The van der Waals surface area contributed by atoms with Gasteiger partial charge in [-0.3, -0.25) is 4.79 Å². The first-order chi connectivity index (χ1) is 11.7. The SMILES string of the molecule is O=C1CC(c2nc(-c3ccc(F)cc3)no2)CN1Cc1ccco1. The van der Waals surface area contributed by atoms with Gasteiger partial charge in [-0.2, -0.15) is 4.98 Å². The number of furan rings is 1. The van der Waals surface area contributed by atoms with Crippen molar-refractivity contribution >= 4 is 5.91 Å². The van der Waals surface area contributed by atoms with E-state index in [-0.39, 0.29) is 17.6 Å². The van der Waals surface area contributed by atoms with Crippen LogP contribution in [-0.2, 0) is 11.3 Å². The number of aromatic nitrogens is 2. The lowest BCUT2D eigenvalue weighted by molar-refractivity contribution is -0.128. The third-order valence-electron chi connectivity index (χ3n) is 4.03. The smallest absolute Gasteiger partial charge is 0.232 e. The number of rotatable bonds is 4. The van der Waals surface area contributed by atoms with E-state index < -0.39 is 0 Å². The topological polar surface area (TPSA) is 72.4 Å². The van der Waals surface area contributed by atoms with Crippen LogP contribution in [0.4, 0.5) is 4.39 Å². The molecular formula is C17H14FN3O3. The molecule has 3 aromatic rings. The van der Waals surface area contributed by atoms with Crippen molar-refractivity contribution in [2.75, 3.05) is 6.54 Å². The van der Waals surface area contributed by atoms with Crippen LogP contribution in [0.15, 0.2) is 51.6 Å². The van der Waals surface area contributed by atoms with Crippen molar-refractivity contribution in [2.45, 2.75) is 18.9 Å². The maximum atomic E-state index is 13.0. The summed E-state index contributed by atoms with van der Waals surface area (Å²) < 4.78 is 23.6. The number of nitrogens with zero attached hydrogens (tertiary/aromatic N) is 3. The van der Waals surface area contributed by atoms with E-state index in [1.807, 2.05) is 6.07 Å². The Labute approximate surface area is 136 Å². The van der Waals surface area contributed by atoms with Crippen LogP contribution in [0.1, 0.15) is 24.0 Å². The van der Waals surface area contributed by atoms with Crippen molar-refractivity contribution in [2.24, 2.45) is 0 Å². The molecule has 2 aromatic heterocycles. The van der Waals surface area contributed by atoms with Gasteiger partial charge in [-0.1, -0.05) is 5.16 Å². The molecule has 1 aliphatic heterocycles. The highest BCUT2D eigenvalue weighted by Gasteiger charge is 2.34. The third-order valence-corrected chi connectivity index (χ3v) is 4.03. The lowest BCUT2D eigenvalue weighted by Gasteiger charge is -2.13. The van der Waals surface area contributed by atoms with Gasteiger partial charge in [0, 0.05) is 18.5 Å². The van der Waals surface area contributed by atoms with Gasteiger partial charge in [0.15, 0.2) is 0 Å². The monoisotopic (exact) mass is 327 g/mol. The van der Waals surface area contributed by atoms with Gasteiger partial charge >= 0.3 is 0 Å². The largest absolute Gasteiger partial charge is 0.467 e. The zero-order chi connectivity index (χ0) is 16.5. The van der Waals surface area contributed by atoms with E-state index in [0.29, 0.717) is 36.8 Å². The summed E-state index contributed by atoms with van der Waals surface area (Å²) >= 11 is 0. The van der Waals surface area contributed by atoms with Crippen molar-refractivity contribution in [3.8, 4) is 11.4 Å². The van der Waals surface area contributed by atoms with Crippen LogP contribution in [0.25, 0.3) is 11.4 Å². The number of halogens is 1. The molecule has 0 spiro atoms. The fourth-order valence-corrected chi connectivity index (χ4v) is 2.80. The lowest BCUT2D eigenvalue weighted by atomic mass is 10.1. The van der Waals surface area contributed by atoms with Gasteiger partial charge in [0.05, 0.1) is 18.7 Å². The molecule has 1 amide bonds. The molecule has 3 heterocycles. The first-order valence-corrected chi connectivity index (χ1v) is 7.59. The van der Waals surface area contributed by atoms with E-state index in [9.17, 15) is 9.18 Å². The summed E-state index contributed by atoms with van der Waals surface area (Å²) in [6.07, 6.45) is 1.91. The van der Waals surface area contributed by atoms with Gasteiger partial charge in [0.1, 0.15) is 11.6 Å². The molecule has 6 nitrogen and oxygen atoms in total. The van der Waals surface area contributed by atoms with Crippen LogP contribution in [0.2, 0.25) is 0 Å². The predicted molar refractivity (Wildman–Crippen MR) is 81.2 cm³/mol. The highest BCUT2D eigenvalue weighted by atomic mass is 19.1. The Kier molecular flexibility index (Phi) is 3.60. The Bertz CT molecular complexity index is 842. The summed E-state index contributed by atoms with van der Waals surface area (Å²) in [5.74, 6) is 1.11. The predicted octanol–water partition coefficient (Wildman–Crippen LogP) is 2.98. The minimum atomic E-state index is -0.322. The number of benzene rings is 1. The Morgan fingerprint density at radius 1 is 1.25 bits per heavy atom. The first kappa shape index (κ1) is 14.6. The van der Waals surface area contributed by atoms with Gasteiger partial charge in [-0.05, 0) is 36.4 Å². The van der Waals surface area contributed by atoms with Crippen molar-refractivity contribution in [3.63, 3.8) is 0 Å². The number of hydrogen-bond donors (Lipinski definition) is 0. The molecule has 1 saturated heterocycles. The zero-order valence-electron chi connectivity index (χ0n) is 12.7. The van der Waals surface area contributed by atoms with Crippen molar-refractivity contribution in [1.29, 1.82) is 0 Å². The molecule has 4 rings (SSSR count). The van der Waals surface area contributed by atoms with Gasteiger partial charge in [-0.25, -0.2) is 4.39 Å². The first-order valence-electron chi connectivity index (χ1n) is 7.59. The molecule has 0 aliphatic carbocycles. The van der Waals surface area contributed by atoms with Crippen molar-refractivity contribution in [1.82, 2.24) is 15.0 Å². The molecule has 24 heavy (non-hydrogen) atoms. The molecule has 1 atom stereocenters. The van der Waals surface area contributed by atoms with E-state index in [4.69, 9.17) is 8.94 Å². The minimum Gasteiger partial charge on any atom is -0.467 e. The zero-order valence-corrected chi connectivity index (χ0v) is 12.7. The lowest BCUT2D eigenvalue weighted by Crippen LogP contribution is -2.24. The molecule has 0 bridgehead atoms. The molecule has 1 aliphatic rings. The van der Waals surface area contributed by atoms with E-state index >= 15 is 0 Å². The standard InChI is InChI=1S/C17H14FN3O3/c18-13-5-3-11(4-6-13)16-19-17(24-20-16)12-8-15(22)21(9-12)10-14-2-1-7-23-14/h1-7,12H,8-10H2. The Balaban J connectivity index is 1.49. The van der Waals surface area contributed by atoms with Gasteiger partial charge in [-0.15, -0.1) is 0 Å². The minimum absolute atomic E-state index is 0.0259. The summed E-state index contributed by atoms with van der Waals surface area (Å²) in [7, 11) is 0. The molecule has 1 fully saturated rings. The number of carbonyl (C=O) groups excluding carboxylic acids is 1. The van der Waals surface area contributed by atoms with E-state index in [1.165, 1.54) is 12.1 Å². The van der Waals surface area contributed by atoms with Gasteiger partial charge in [0.2, 0.25) is 17.6 Å². The average molecular weight is 327 g/mol. The normalized spacial score (nSPS) is 17.6. The third kappa shape index (κ3) is 2.80. The number of amides is 1. The van der Waals surface area contributed by atoms with Gasteiger partial charge < -0.3 is 13.8 Å². The molecule has 1 aromatic carbocycles. The fourth-order valence-electron chi connectivity index (χ4n) is 2.80. The van der Waals surface area contributed by atoms with E-state index in [0.717, 1.165) is 5.76 Å². The summed E-state index contributed by atoms with van der Waals surface area (Å²) in [6, 6.07) is 9.49. The average Bonchev–Trinajstić information content (AvgIpc) is 3.31. The summed E-state index contributed by atoms with van der Waals surface area (Å²) in [5.41, 5.74) is 0.670.